The molecule has 0 aliphatic carbocycles. The Morgan fingerprint density at radius 1 is 0.337 bits per heavy atom. The van der Waals surface area contributed by atoms with Crippen LogP contribution in [0.1, 0.15) is 306 Å². The van der Waals surface area contributed by atoms with Gasteiger partial charge in [0.25, 0.3) is 0 Å². The quantitative estimate of drug-likeness (QED) is 0.0222. The van der Waals surface area contributed by atoms with Crippen molar-refractivity contribution >= 4 is 39.5 Å². The second-order valence-corrected chi connectivity index (χ2v) is 27.7. The summed E-state index contributed by atoms with van der Waals surface area (Å²) in [5.74, 6) is 0.734. The first-order valence-electron chi connectivity index (χ1n) is 33.2. The molecule has 0 aromatic rings. The third-order valence-corrected chi connectivity index (χ3v) is 16.8. The molecule has 0 aromatic carbocycles. The van der Waals surface area contributed by atoms with Crippen LogP contribution in [0.15, 0.2) is 0 Å². The molecular formula is C64H124O17P2. The van der Waals surface area contributed by atoms with Crippen molar-refractivity contribution in [2.24, 2.45) is 23.7 Å². The highest BCUT2D eigenvalue weighted by Crippen LogP contribution is 2.45. The van der Waals surface area contributed by atoms with E-state index in [4.69, 9.17) is 37.0 Å². The van der Waals surface area contributed by atoms with Crippen molar-refractivity contribution in [3.05, 3.63) is 0 Å². The molecule has 17 nitrogen and oxygen atoms in total. The van der Waals surface area contributed by atoms with Crippen LogP contribution in [0, 0.1) is 23.7 Å². The molecule has 0 bridgehead atoms. The van der Waals surface area contributed by atoms with Crippen LogP contribution in [0.2, 0.25) is 0 Å². The van der Waals surface area contributed by atoms with E-state index in [-0.39, 0.29) is 25.7 Å². The number of hydrogen-bond acceptors (Lipinski definition) is 15. The number of phosphoric ester groups is 2. The number of unbranched alkanes of at least 4 members (excludes halogenated alkanes) is 26. The molecule has 0 aliphatic rings. The molecule has 83 heavy (non-hydrogen) atoms. The fraction of sp³-hybridized carbons (Fsp3) is 0.938. The van der Waals surface area contributed by atoms with E-state index in [9.17, 15) is 43.2 Å². The summed E-state index contributed by atoms with van der Waals surface area (Å²) >= 11 is 0. The molecule has 3 unspecified atom stereocenters. The van der Waals surface area contributed by atoms with Crippen LogP contribution in [-0.2, 0) is 65.4 Å². The molecule has 0 saturated heterocycles. The predicted octanol–water partition coefficient (Wildman–Crippen LogP) is 17.4. The average molecular weight is 1230 g/mol. The topological polar surface area (TPSA) is 237 Å². The Morgan fingerprint density at radius 3 is 0.855 bits per heavy atom. The van der Waals surface area contributed by atoms with E-state index in [0.717, 1.165) is 108 Å². The zero-order valence-electron chi connectivity index (χ0n) is 53.8. The Labute approximate surface area is 505 Å². The Hall–Kier alpha value is -1.94. The summed E-state index contributed by atoms with van der Waals surface area (Å²) in [4.78, 5) is 72.2. The highest BCUT2D eigenvalue weighted by Gasteiger charge is 2.30. The van der Waals surface area contributed by atoms with Crippen LogP contribution in [0.25, 0.3) is 0 Å². The van der Waals surface area contributed by atoms with Crippen LogP contribution >= 0.6 is 15.6 Å². The van der Waals surface area contributed by atoms with Crippen molar-refractivity contribution in [2.45, 2.75) is 324 Å². The van der Waals surface area contributed by atoms with Crippen LogP contribution in [0.3, 0.4) is 0 Å². The summed E-state index contributed by atoms with van der Waals surface area (Å²) < 4.78 is 67.9. The van der Waals surface area contributed by atoms with Gasteiger partial charge in [-0.2, -0.15) is 0 Å². The van der Waals surface area contributed by atoms with Crippen molar-refractivity contribution < 1.29 is 80.2 Å². The first-order chi connectivity index (χ1) is 39.6. The number of aliphatic hydroxyl groups excluding tert-OH is 1. The number of phosphoric acid groups is 2. The highest BCUT2D eigenvalue weighted by atomic mass is 31.2. The van der Waals surface area contributed by atoms with Crippen LogP contribution in [-0.4, -0.2) is 96.7 Å². The molecule has 0 saturated carbocycles. The summed E-state index contributed by atoms with van der Waals surface area (Å²) in [6, 6.07) is 0. The first kappa shape index (κ1) is 81.1. The smallest absolute Gasteiger partial charge is 0.462 e. The Bertz CT molecular complexity index is 1660. The van der Waals surface area contributed by atoms with Gasteiger partial charge < -0.3 is 33.8 Å². The monoisotopic (exact) mass is 1230 g/mol. The summed E-state index contributed by atoms with van der Waals surface area (Å²) in [5, 5.41) is 10.5. The molecule has 6 atom stereocenters. The molecule has 0 amide bonds. The SMILES string of the molecule is CCC(C)CCCCCCCCCCCCC(=O)O[C@H](COC(=O)CCCCCCCCC(C)C)COP(=O)(O)OC[C@H](O)COP(=O)(O)OC[C@@H](COC(=O)CCCCCCCCCCC(C)C)OC(=O)CCCCCCCCC(C)C. The molecular weight excluding hydrogens is 1100 g/mol. The predicted molar refractivity (Wildman–Crippen MR) is 331 cm³/mol. The van der Waals surface area contributed by atoms with E-state index in [1.165, 1.54) is 103 Å². The van der Waals surface area contributed by atoms with Crippen LogP contribution < -0.4 is 0 Å². The summed E-state index contributed by atoms with van der Waals surface area (Å²) in [5.41, 5.74) is 0. The minimum absolute atomic E-state index is 0.101. The number of aliphatic hydroxyl groups is 1. The lowest BCUT2D eigenvalue weighted by Gasteiger charge is -2.21. The lowest BCUT2D eigenvalue weighted by atomic mass is 9.99. The van der Waals surface area contributed by atoms with Gasteiger partial charge in [-0.05, 0) is 49.4 Å². The molecule has 0 spiro atoms. The fourth-order valence-electron chi connectivity index (χ4n) is 9.40. The Morgan fingerprint density at radius 2 is 0.578 bits per heavy atom. The molecule has 19 heteroatoms. The van der Waals surface area contributed by atoms with Gasteiger partial charge in [0.2, 0.25) is 0 Å². The van der Waals surface area contributed by atoms with Crippen molar-refractivity contribution in [1.29, 1.82) is 0 Å². The van der Waals surface area contributed by atoms with E-state index in [1.807, 2.05) is 0 Å². The largest absolute Gasteiger partial charge is 0.472 e. The van der Waals surface area contributed by atoms with E-state index in [0.29, 0.717) is 37.5 Å². The van der Waals surface area contributed by atoms with Gasteiger partial charge in [-0.25, -0.2) is 9.13 Å². The number of carbonyl (C=O) groups excluding carboxylic acids is 4. The van der Waals surface area contributed by atoms with E-state index < -0.39 is 97.5 Å². The molecule has 0 radical (unpaired) electrons. The minimum Gasteiger partial charge on any atom is -0.462 e. The number of carbonyl (C=O) groups is 4. The first-order valence-corrected chi connectivity index (χ1v) is 36.2. The second-order valence-electron chi connectivity index (χ2n) is 24.8. The molecule has 0 heterocycles. The zero-order chi connectivity index (χ0) is 61.8. The highest BCUT2D eigenvalue weighted by molar-refractivity contribution is 7.47. The van der Waals surface area contributed by atoms with E-state index in [2.05, 4.69) is 55.4 Å². The van der Waals surface area contributed by atoms with Gasteiger partial charge >= 0.3 is 39.5 Å². The maximum Gasteiger partial charge on any atom is 0.472 e. The average Bonchev–Trinajstić information content (AvgIpc) is 3.45. The number of esters is 4. The van der Waals surface area contributed by atoms with Crippen molar-refractivity contribution in [3.63, 3.8) is 0 Å². The second kappa shape index (κ2) is 54.2. The van der Waals surface area contributed by atoms with Crippen LogP contribution in [0.4, 0.5) is 0 Å². The van der Waals surface area contributed by atoms with Gasteiger partial charge in [-0.15, -0.1) is 0 Å². The fourth-order valence-corrected chi connectivity index (χ4v) is 11.0. The van der Waals surface area contributed by atoms with E-state index in [1.54, 1.807) is 0 Å². The molecule has 0 aliphatic heterocycles. The lowest BCUT2D eigenvalue weighted by molar-refractivity contribution is -0.161. The lowest BCUT2D eigenvalue weighted by Crippen LogP contribution is -2.30. The van der Waals surface area contributed by atoms with Gasteiger partial charge in [0.05, 0.1) is 26.4 Å². The maximum absolute atomic E-state index is 13.0. The van der Waals surface area contributed by atoms with Crippen molar-refractivity contribution in [1.82, 2.24) is 0 Å². The third kappa shape index (κ3) is 57.6. The summed E-state index contributed by atoms with van der Waals surface area (Å²) in [7, 11) is -9.89. The standard InChI is InChI=1S/C64H124O17P2/c1-9-57(8)43-35-27-17-12-10-11-13-19-30-38-46-63(68)80-59(51-75-62(67)45-37-29-22-20-25-33-41-55(4)5)52-78-82(70,71)76-48-58(65)49-77-83(72,73)79-53-60(81-64(69)47-39-31-23-21-26-34-42-56(6)7)50-74-61(66)44-36-28-18-15-14-16-24-32-40-54(2)3/h54-60,65H,9-53H2,1-8H3,(H,70,71)(H,72,73)/t57?,58-,59+,60+/m0/s1. The summed E-state index contributed by atoms with van der Waals surface area (Å²) in [6.07, 6.45) is 33.7. The Balaban J connectivity index is 5.23. The molecule has 0 fully saturated rings. The van der Waals surface area contributed by atoms with Gasteiger partial charge in [0, 0.05) is 25.7 Å². The van der Waals surface area contributed by atoms with Crippen molar-refractivity contribution in [2.75, 3.05) is 39.6 Å². The van der Waals surface area contributed by atoms with Gasteiger partial charge in [-0.3, -0.25) is 37.3 Å². The minimum atomic E-state index is -4.95. The van der Waals surface area contributed by atoms with Crippen LogP contribution in [0.5, 0.6) is 0 Å². The number of hydrogen-bond donors (Lipinski definition) is 3. The van der Waals surface area contributed by atoms with Gasteiger partial charge in [-0.1, -0.05) is 254 Å². The molecule has 0 rings (SSSR count). The summed E-state index contributed by atoms with van der Waals surface area (Å²) in [6.45, 7) is 13.9. The molecule has 492 valence electrons. The van der Waals surface area contributed by atoms with E-state index >= 15 is 0 Å². The number of ether oxygens (including phenoxy) is 4. The number of rotatable bonds is 61. The van der Waals surface area contributed by atoms with Gasteiger partial charge in [0.1, 0.15) is 19.3 Å². The zero-order valence-corrected chi connectivity index (χ0v) is 55.6. The third-order valence-electron chi connectivity index (χ3n) is 14.9. The van der Waals surface area contributed by atoms with Gasteiger partial charge in [0.15, 0.2) is 12.2 Å². The maximum atomic E-state index is 13.0. The molecule has 3 N–H and O–H groups in total. The Kier molecular flexibility index (Phi) is 53.0. The normalized spacial score (nSPS) is 14.8. The van der Waals surface area contributed by atoms with Crippen molar-refractivity contribution in [3.8, 4) is 0 Å². The molecule has 0 aromatic heterocycles.